The first-order valence-corrected chi connectivity index (χ1v) is 13.8. The number of likely N-dealkylation sites (tertiary alicyclic amines) is 1. The number of nitrogens with one attached hydrogen (secondary N) is 1. The van der Waals surface area contributed by atoms with E-state index < -0.39 is 0 Å². The summed E-state index contributed by atoms with van der Waals surface area (Å²) in [6.45, 7) is 6.50. The predicted octanol–water partition coefficient (Wildman–Crippen LogP) is 5.50. The first-order chi connectivity index (χ1) is 17.4. The van der Waals surface area contributed by atoms with Gasteiger partial charge in [0.2, 0.25) is 0 Å². The molecule has 5 heterocycles. The number of amides is 1. The molecule has 1 aliphatic rings. The average Bonchev–Trinajstić information content (AvgIpc) is 3.66. The molecule has 186 valence electrons. The molecule has 0 unspecified atom stereocenters. The normalized spacial score (nSPS) is 14.9. The number of thiophene rings is 2. The third-order valence-electron chi connectivity index (χ3n) is 6.32. The van der Waals surface area contributed by atoms with Gasteiger partial charge in [-0.2, -0.15) is 10.4 Å². The molecule has 1 aliphatic heterocycles. The summed E-state index contributed by atoms with van der Waals surface area (Å²) in [5.41, 5.74) is 1.65. The number of hydrogen-bond donors (Lipinski definition) is 1. The van der Waals surface area contributed by atoms with Crippen LogP contribution in [0.3, 0.4) is 0 Å². The van der Waals surface area contributed by atoms with Gasteiger partial charge in [0.15, 0.2) is 11.5 Å². The summed E-state index contributed by atoms with van der Waals surface area (Å²) < 4.78 is 7.85. The summed E-state index contributed by atoms with van der Waals surface area (Å²) in [5.74, 6) is 0.290. The Hall–Kier alpha value is -2.97. The molecular weight excluding hydrogens is 516 g/mol. The van der Waals surface area contributed by atoms with E-state index in [1.54, 1.807) is 4.68 Å². The Morgan fingerprint density at radius 3 is 2.75 bits per heavy atom. The lowest BCUT2D eigenvalue weighted by Gasteiger charge is -2.34. The van der Waals surface area contributed by atoms with Crippen LogP contribution in [0.5, 0.6) is 0 Å². The van der Waals surface area contributed by atoms with Crippen molar-refractivity contribution in [3.63, 3.8) is 0 Å². The fourth-order valence-corrected chi connectivity index (χ4v) is 6.19. The Kier molecular flexibility index (Phi) is 7.25. The van der Waals surface area contributed by atoms with E-state index in [1.165, 1.54) is 22.7 Å². The van der Waals surface area contributed by atoms with Gasteiger partial charge in [0, 0.05) is 31.2 Å². The van der Waals surface area contributed by atoms with Crippen molar-refractivity contribution < 1.29 is 9.32 Å². The van der Waals surface area contributed by atoms with E-state index in [0.717, 1.165) is 35.7 Å². The van der Waals surface area contributed by atoms with E-state index in [9.17, 15) is 10.1 Å². The van der Waals surface area contributed by atoms with Crippen LogP contribution < -0.4 is 5.32 Å². The second-order valence-corrected chi connectivity index (χ2v) is 11.6. The van der Waals surface area contributed by atoms with Crippen LogP contribution in [0.1, 0.15) is 48.4 Å². The van der Waals surface area contributed by atoms with Gasteiger partial charge in [-0.3, -0.25) is 9.48 Å². The van der Waals surface area contributed by atoms with E-state index in [1.807, 2.05) is 35.7 Å². The van der Waals surface area contributed by atoms with Crippen LogP contribution in [0.2, 0.25) is 4.34 Å². The minimum atomic E-state index is -0.319. The highest BCUT2D eigenvalue weighted by Crippen LogP contribution is 2.33. The van der Waals surface area contributed by atoms with Gasteiger partial charge in [-0.05, 0) is 50.3 Å². The number of rotatable bonds is 7. The molecule has 1 N–H and O–H groups in total. The Labute approximate surface area is 222 Å². The van der Waals surface area contributed by atoms with Crippen LogP contribution in [0, 0.1) is 11.3 Å². The molecule has 1 fully saturated rings. The number of carbonyl (C=O) groups is 1. The molecule has 4 aromatic rings. The van der Waals surface area contributed by atoms with Gasteiger partial charge in [-0.15, -0.1) is 22.7 Å². The molecular formula is C25H25ClN6O2S2. The summed E-state index contributed by atoms with van der Waals surface area (Å²) in [4.78, 5) is 17.4. The van der Waals surface area contributed by atoms with Gasteiger partial charge >= 0.3 is 0 Å². The molecule has 11 heteroatoms. The second-order valence-electron chi connectivity index (χ2n) is 8.98. The van der Waals surface area contributed by atoms with Gasteiger partial charge in [0.25, 0.3) is 5.91 Å². The van der Waals surface area contributed by atoms with Crippen LogP contribution in [-0.2, 0) is 6.54 Å². The topological polar surface area (TPSA) is 100.0 Å². The number of aromatic nitrogens is 3. The lowest BCUT2D eigenvalue weighted by Crippen LogP contribution is -2.46. The van der Waals surface area contributed by atoms with Crippen LogP contribution in [0.25, 0.3) is 21.2 Å². The molecule has 0 saturated carbocycles. The lowest BCUT2D eigenvalue weighted by molar-refractivity contribution is 0.0894. The fourth-order valence-electron chi connectivity index (χ4n) is 4.42. The molecule has 8 nitrogen and oxygen atoms in total. The highest BCUT2D eigenvalue weighted by Gasteiger charge is 2.28. The van der Waals surface area contributed by atoms with Crippen molar-refractivity contribution in [2.24, 2.45) is 0 Å². The molecule has 0 spiro atoms. The number of carbonyl (C=O) groups excluding carboxylic acids is 1. The monoisotopic (exact) mass is 540 g/mol. The largest absolute Gasteiger partial charge is 0.355 e. The van der Waals surface area contributed by atoms with Crippen molar-refractivity contribution in [2.45, 2.75) is 45.3 Å². The number of nitrogens with zero attached hydrogens (tertiary/aromatic N) is 5. The smallest absolute Gasteiger partial charge is 0.273 e. The van der Waals surface area contributed by atoms with Gasteiger partial charge in [-0.25, -0.2) is 0 Å². The number of halogens is 1. The SMILES string of the molecule is CC(C)N1CCC(NC(=O)c2nn(Cc3cc(-c4ccc(Cl)s4)on3)c(-c3cccs3)c2C#N)CC1. The zero-order chi connectivity index (χ0) is 25.2. The van der Waals surface area contributed by atoms with E-state index in [2.05, 4.69) is 40.4 Å². The van der Waals surface area contributed by atoms with Crippen molar-refractivity contribution in [3.8, 4) is 27.3 Å². The van der Waals surface area contributed by atoms with Crippen molar-refractivity contribution in [2.75, 3.05) is 13.1 Å². The zero-order valence-corrected chi connectivity index (χ0v) is 22.3. The molecule has 0 aliphatic carbocycles. The highest BCUT2D eigenvalue weighted by atomic mass is 35.5. The second kappa shape index (κ2) is 10.6. The predicted molar refractivity (Wildman–Crippen MR) is 141 cm³/mol. The van der Waals surface area contributed by atoms with Gasteiger partial charge in [0.05, 0.1) is 26.3 Å². The molecule has 5 rings (SSSR count). The Bertz CT molecular complexity index is 1390. The summed E-state index contributed by atoms with van der Waals surface area (Å²) >= 11 is 8.95. The maximum Gasteiger partial charge on any atom is 0.273 e. The molecule has 0 radical (unpaired) electrons. The quantitative estimate of drug-likeness (QED) is 0.332. The molecule has 4 aromatic heterocycles. The molecule has 1 saturated heterocycles. The number of nitriles is 1. The minimum Gasteiger partial charge on any atom is -0.355 e. The fraction of sp³-hybridized carbons (Fsp3) is 0.360. The minimum absolute atomic E-state index is 0.0603. The Morgan fingerprint density at radius 2 is 2.11 bits per heavy atom. The van der Waals surface area contributed by atoms with Crippen LogP contribution >= 0.6 is 34.3 Å². The number of hydrogen-bond acceptors (Lipinski definition) is 8. The summed E-state index contributed by atoms with van der Waals surface area (Å²) in [7, 11) is 0. The third kappa shape index (κ3) is 5.11. The maximum atomic E-state index is 13.3. The van der Waals surface area contributed by atoms with E-state index in [0.29, 0.717) is 27.5 Å². The van der Waals surface area contributed by atoms with Crippen molar-refractivity contribution in [3.05, 3.63) is 57.0 Å². The molecule has 0 bridgehead atoms. The third-order valence-corrected chi connectivity index (χ3v) is 8.44. The first-order valence-electron chi connectivity index (χ1n) is 11.7. The maximum absolute atomic E-state index is 13.3. The Morgan fingerprint density at radius 1 is 1.31 bits per heavy atom. The summed E-state index contributed by atoms with van der Waals surface area (Å²) in [6.07, 6.45) is 1.75. The Balaban J connectivity index is 1.41. The molecule has 0 atom stereocenters. The summed E-state index contributed by atoms with van der Waals surface area (Å²) in [5, 5.41) is 23.9. The standard InChI is InChI=1S/C25H25ClN6O2S2/c1-15(2)31-9-7-16(8-10-31)28-25(33)23-18(13-27)24(21-4-3-11-35-21)32(29-23)14-17-12-19(34-30-17)20-5-6-22(26)36-20/h3-6,11-12,15-16H,7-10,14H2,1-2H3,(H,28,33). The zero-order valence-electron chi connectivity index (χ0n) is 19.9. The average molecular weight is 541 g/mol. The van der Waals surface area contributed by atoms with Gasteiger partial charge in [0.1, 0.15) is 17.3 Å². The van der Waals surface area contributed by atoms with Crippen LogP contribution in [0.15, 0.2) is 40.2 Å². The number of piperidine rings is 1. The van der Waals surface area contributed by atoms with Gasteiger partial charge < -0.3 is 14.7 Å². The van der Waals surface area contributed by atoms with Crippen molar-refractivity contribution >= 4 is 40.2 Å². The molecule has 0 aromatic carbocycles. The van der Waals surface area contributed by atoms with Crippen molar-refractivity contribution in [1.29, 1.82) is 5.26 Å². The van der Waals surface area contributed by atoms with E-state index in [-0.39, 0.29) is 29.8 Å². The summed E-state index contributed by atoms with van der Waals surface area (Å²) in [6, 6.07) is 12.1. The highest BCUT2D eigenvalue weighted by molar-refractivity contribution is 7.19. The van der Waals surface area contributed by atoms with Gasteiger partial charge in [-0.1, -0.05) is 22.8 Å². The van der Waals surface area contributed by atoms with E-state index in [4.69, 9.17) is 16.1 Å². The molecule has 1 amide bonds. The first kappa shape index (κ1) is 24.7. The van der Waals surface area contributed by atoms with Crippen molar-refractivity contribution in [1.82, 2.24) is 25.2 Å². The lowest BCUT2D eigenvalue weighted by atomic mass is 10.0. The molecule has 36 heavy (non-hydrogen) atoms. The van der Waals surface area contributed by atoms with Crippen LogP contribution in [-0.4, -0.2) is 50.9 Å². The van der Waals surface area contributed by atoms with E-state index >= 15 is 0 Å². The van der Waals surface area contributed by atoms with Crippen LogP contribution in [0.4, 0.5) is 0 Å².